The van der Waals surface area contributed by atoms with Gasteiger partial charge in [0.05, 0.1) is 21.7 Å². The van der Waals surface area contributed by atoms with Crippen LogP contribution >= 0.6 is 11.6 Å². The van der Waals surface area contributed by atoms with Gasteiger partial charge in [-0.05, 0) is 49.1 Å². The zero-order chi connectivity index (χ0) is 22.3. The first-order valence-electron chi connectivity index (χ1n) is 9.70. The van der Waals surface area contributed by atoms with E-state index in [1.165, 1.54) is 28.6 Å². The minimum Gasteiger partial charge on any atom is -0.324 e. The second kappa shape index (κ2) is 8.07. The van der Waals surface area contributed by atoms with E-state index >= 15 is 0 Å². The largest absolute Gasteiger partial charge is 0.363 e. The van der Waals surface area contributed by atoms with Gasteiger partial charge in [0.15, 0.2) is 0 Å². The van der Waals surface area contributed by atoms with Crippen LogP contribution in [0.4, 0.5) is 0 Å². The van der Waals surface area contributed by atoms with E-state index in [-0.39, 0.29) is 32.5 Å². The Bertz CT molecular complexity index is 1160. The number of imide groups is 1. The van der Waals surface area contributed by atoms with Crippen molar-refractivity contribution in [3.8, 4) is 0 Å². The second-order valence-corrected chi connectivity index (χ2v) is 9.90. The van der Waals surface area contributed by atoms with E-state index in [1.54, 1.807) is 12.1 Å². The van der Waals surface area contributed by atoms with Crippen LogP contribution in [0.15, 0.2) is 47.4 Å². The lowest BCUT2D eigenvalue weighted by molar-refractivity contribution is -0.0584. The molecule has 2 aliphatic heterocycles. The fourth-order valence-corrected chi connectivity index (χ4v) is 5.82. The van der Waals surface area contributed by atoms with Crippen molar-refractivity contribution in [2.75, 3.05) is 13.1 Å². The molecule has 4 rings (SSSR count). The Kier molecular flexibility index (Phi) is 5.59. The Hall–Kier alpha value is -2.75. The highest BCUT2D eigenvalue weighted by molar-refractivity contribution is 7.89. The van der Waals surface area contributed by atoms with Gasteiger partial charge in [0.1, 0.15) is 4.90 Å². The van der Waals surface area contributed by atoms with Crippen LogP contribution in [0.3, 0.4) is 0 Å². The van der Waals surface area contributed by atoms with E-state index in [1.807, 2.05) is 6.92 Å². The Morgan fingerprint density at radius 3 is 2.35 bits per heavy atom. The lowest BCUT2D eigenvalue weighted by Crippen LogP contribution is -2.39. The van der Waals surface area contributed by atoms with Crippen LogP contribution in [-0.4, -0.2) is 48.7 Å². The third-order valence-corrected chi connectivity index (χ3v) is 7.68. The molecule has 1 atom stereocenters. The maximum Gasteiger partial charge on any atom is 0.363 e. The molecule has 0 bridgehead atoms. The Morgan fingerprint density at radius 1 is 1.10 bits per heavy atom. The summed E-state index contributed by atoms with van der Waals surface area (Å²) in [6.45, 7) is 2.70. The molecule has 0 saturated carbocycles. The molecular formula is C21H19ClN2O6S. The number of nitrogens with zero attached hydrogens (tertiary/aromatic N) is 2. The van der Waals surface area contributed by atoms with Crippen LogP contribution in [0.25, 0.3) is 0 Å². The summed E-state index contributed by atoms with van der Waals surface area (Å²) in [5, 5.41) is 0.345. The first-order valence-corrected chi connectivity index (χ1v) is 11.5. The zero-order valence-electron chi connectivity index (χ0n) is 16.6. The minimum absolute atomic E-state index is 0.0319. The number of hydrogen-bond donors (Lipinski definition) is 0. The Balaban J connectivity index is 1.59. The van der Waals surface area contributed by atoms with Crippen LogP contribution in [0.2, 0.25) is 5.02 Å². The molecule has 2 aromatic rings. The maximum absolute atomic E-state index is 13.1. The van der Waals surface area contributed by atoms with Gasteiger partial charge in [-0.3, -0.25) is 9.59 Å². The summed E-state index contributed by atoms with van der Waals surface area (Å²) < 4.78 is 27.5. The van der Waals surface area contributed by atoms with Gasteiger partial charge in [-0.1, -0.05) is 35.7 Å². The molecule has 10 heteroatoms. The molecule has 0 N–H and O–H groups in total. The second-order valence-electron chi connectivity index (χ2n) is 7.58. The lowest BCUT2D eigenvalue weighted by Gasteiger charge is -2.30. The number of amides is 2. The van der Waals surface area contributed by atoms with Crippen molar-refractivity contribution in [2.45, 2.75) is 24.7 Å². The molecule has 0 radical (unpaired) electrons. The number of benzene rings is 2. The van der Waals surface area contributed by atoms with Gasteiger partial charge in [-0.25, -0.2) is 13.2 Å². The van der Waals surface area contributed by atoms with Gasteiger partial charge in [0, 0.05) is 13.1 Å². The maximum atomic E-state index is 13.1. The summed E-state index contributed by atoms with van der Waals surface area (Å²) in [5.74, 6) is -2.37. The predicted molar refractivity (Wildman–Crippen MR) is 111 cm³/mol. The molecule has 2 amide bonds. The minimum atomic E-state index is -3.93. The van der Waals surface area contributed by atoms with E-state index in [0.717, 1.165) is 18.9 Å². The molecule has 162 valence electrons. The predicted octanol–water partition coefficient (Wildman–Crippen LogP) is 3.13. The van der Waals surface area contributed by atoms with Crippen LogP contribution in [-0.2, 0) is 14.9 Å². The summed E-state index contributed by atoms with van der Waals surface area (Å²) in [5.41, 5.74) is 0.0994. The van der Waals surface area contributed by atoms with Crippen molar-refractivity contribution in [2.24, 2.45) is 5.92 Å². The highest BCUT2D eigenvalue weighted by Gasteiger charge is 2.39. The van der Waals surface area contributed by atoms with E-state index in [0.29, 0.717) is 18.2 Å². The molecule has 1 fully saturated rings. The van der Waals surface area contributed by atoms with Gasteiger partial charge in [-0.15, -0.1) is 0 Å². The number of fused-ring (bicyclic) bond motifs is 1. The number of carbonyl (C=O) groups is 3. The normalized spacial score (nSPS) is 19.4. The summed E-state index contributed by atoms with van der Waals surface area (Å²) >= 11 is 6.14. The molecule has 1 saturated heterocycles. The standard InChI is InChI=1S/C21H19ClN2O6S/c1-13-5-4-10-23(12-13)31(28,29)18-11-14(8-9-17(18)22)21(27)30-24-19(25)15-6-2-3-7-16(15)20(24)26/h2-3,6-9,11,13H,4-5,10,12H2,1H3. The number of sulfonamides is 1. The summed E-state index contributed by atoms with van der Waals surface area (Å²) in [7, 11) is -3.93. The smallest absolute Gasteiger partial charge is 0.324 e. The molecular weight excluding hydrogens is 444 g/mol. The SMILES string of the molecule is CC1CCCN(S(=O)(=O)c2cc(C(=O)ON3C(=O)c4ccccc4C3=O)ccc2Cl)C1. The molecule has 0 aromatic heterocycles. The van der Waals surface area contributed by atoms with Crippen LogP contribution in [0, 0.1) is 5.92 Å². The molecule has 2 aromatic carbocycles. The highest BCUT2D eigenvalue weighted by atomic mass is 35.5. The zero-order valence-corrected chi connectivity index (χ0v) is 18.1. The van der Waals surface area contributed by atoms with E-state index in [9.17, 15) is 22.8 Å². The molecule has 1 unspecified atom stereocenters. The van der Waals surface area contributed by atoms with Crippen molar-refractivity contribution in [3.63, 3.8) is 0 Å². The fourth-order valence-electron chi connectivity index (χ4n) is 3.72. The lowest BCUT2D eigenvalue weighted by atomic mass is 10.0. The van der Waals surface area contributed by atoms with Crippen molar-refractivity contribution in [1.82, 2.24) is 9.37 Å². The van der Waals surface area contributed by atoms with Crippen molar-refractivity contribution >= 4 is 39.4 Å². The summed E-state index contributed by atoms with van der Waals surface area (Å²) in [6.07, 6.45) is 1.67. The molecule has 0 aliphatic carbocycles. The average Bonchev–Trinajstić information content (AvgIpc) is 2.99. The monoisotopic (exact) mass is 462 g/mol. The van der Waals surface area contributed by atoms with Gasteiger partial charge in [-0.2, -0.15) is 4.31 Å². The van der Waals surface area contributed by atoms with Crippen molar-refractivity contribution in [1.29, 1.82) is 0 Å². The first kappa shape index (κ1) is 21.5. The van der Waals surface area contributed by atoms with E-state index < -0.39 is 27.8 Å². The number of halogens is 1. The summed E-state index contributed by atoms with van der Waals surface area (Å²) in [6, 6.07) is 9.76. The van der Waals surface area contributed by atoms with Crippen molar-refractivity contribution < 1.29 is 27.6 Å². The number of piperidine rings is 1. The van der Waals surface area contributed by atoms with Crippen LogP contribution < -0.4 is 0 Å². The number of carbonyl (C=O) groups excluding carboxylic acids is 3. The fraction of sp³-hybridized carbons (Fsp3) is 0.286. The van der Waals surface area contributed by atoms with Crippen LogP contribution in [0.1, 0.15) is 50.8 Å². The highest BCUT2D eigenvalue weighted by Crippen LogP contribution is 2.30. The molecule has 2 heterocycles. The first-order chi connectivity index (χ1) is 14.7. The number of rotatable bonds is 4. The molecule has 8 nitrogen and oxygen atoms in total. The van der Waals surface area contributed by atoms with E-state index in [2.05, 4.69) is 0 Å². The van der Waals surface area contributed by atoms with Crippen LogP contribution in [0.5, 0.6) is 0 Å². The molecule has 2 aliphatic rings. The van der Waals surface area contributed by atoms with Gasteiger partial charge in [0.25, 0.3) is 11.8 Å². The van der Waals surface area contributed by atoms with E-state index in [4.69, 9.17) is 16.4 Å². The Morgan fingerprint density at radius 2 is 1.74 bits per heavy atom. The number of hydrogen-bond acceptors (Lipinski definition) is 6. The van der Waals surface area contributed by atoms with Crippen molar-refractivity contribution in [3.05, 3.63) is 64.2 Å². The molecule has 0 spiro atoms. The topological polar surface area (TPSA) is 101 Å². The third kappa shape index (κ3) is 3.84. The summed E-state index contributed by atoms with van der Waals surface area (Å²) in [4.78, 5) is 42.2. The quantitative estimate of drug-likeness (QED) is 0.647. The van der Waals surface area contributed by atoms with Gasteiger partial charge < -0.3 is 4.84 Å². The van der Waals surface area contributed by atoms with Gasteiger partial charge >= 0.3 is 5.97 Å². The third-order valence-electron chi connectivity index (χ3n) is 5.34. The van der Waals surface area contributed by atoms with Gasteiger partial charge in [0.2, 0.25) is 10.0 Å². The average molecular weight is 463 g/mol. The Labute approximate surface area is 184 Å². The number of hydroxylamine groups is 2. The molecule has 31 heavy (non-hydrogen) atoms.